The smallest absolute Gasteiger partial charge is 0.380 e. The highest BCUT2D eigenvalue weighted by Crippen LogP contribution is 2.32. The predicted octanol–water partition coefficient (Wildman–Crippen LogP) is 2.72. The van der Waals surface area contributed by atoms with Crippen molar-refractivity contribution in [3.05, 3.63) is 34.9 Å². The van der Waals surface area contributed by atoms with Gasteiger partial charge in [-0.3, -0.25) is 0 Å². The van der Waals surface area contributed by atoms with Crippen molar-refractivity contribution in [1.29, 1.82) is 5.26 Å². The Kier molecular flexibility index (Phi) is 3.32. The monoisotopic (exact) mass is 215 g/mol. The average Bonchev–Trinajstić information content (AvgIpc) is 2.17. The van der Waals surface area contributed by atoms with Crippen molar-refractivity contribution in [2.45, 2.75) is 12.8 Å². The number of nitriles is 1. The van der Waals surface area contributed by atoms with Crippen LogP contribution in [-0.4, -0.2) is 7.11 Å². The molecular weight excluding hydrogens is 207 g/mol. The van der Waals surface area contributed by atoms with E-state index >= 15 is 0 Å². The zero-order valence-electron chi connectivity index (χ0n) is 7.93. The largest absolute Gasteiger partial charge is 0.416 e. The molecule has 0 amide bonds. The normalized spacial score (nSPS) is 11.1. The highest BCUT2D eigenvalue weighted by Gasteiger charge is 2.33. The quantitative estimate of drug-likeness (QED) is 0.759. The van der Waals surface area contributed by atoms with Crippen LogP contribution in [0.15, 0.2) is 18.2 Å². The number of ether oxygens (including phenoxy) is 1. The number of halogens is 3. The molecule has 0 aliphatic rings. The van der Waals surface area contributed by atoms with Gasteiger partial charge in [-0.05, 0) is 17.7 Å². The van der Waals surface area contributed by atoms with Gasteiger partial charge in [-0.15, -0.1) is 0 Å². The van der Waals surface area contributed by atoms with Crippen molar-refractivity contribution >= 4 is 0 Å². The fourth-order valence-electron chi connectivity index (χ4n) is 1.19. The Hall–Kier alpha value is -1.54. The predicted molar refractivity (Wildman–Crippen MR) is 46.9 cm³/mol. The molecule has 0 bridgehead atoms. The molecule has 0 atom stereocenters. The second-order valence-electron chi connectivity index (χ2n) is 2.91. The first-order valence-corrected chi connectivity index (χ1v) is 4.08. The molecule has 0 heterocycles. The molecule has 0 saturated heterocycles. The van der Waals surface area contributed by atoms with E-state index < -0.39 is 11.7 Å². The molecule has 0 spiro atoms. The van der Waals surface area contributed by atoms with Crippen LogP contribution >= 0.6 is 0 Å². The lowest BCUT2D eigenvalue weighted by Crippen LogP contribution is -2.10. The van der Waals surface area contributed by atoms with Gasteiger partial charge in [0.2, 0.25) is 0 Å². The summed E-state index contributed by atoms with van der Waals surface area (Å²) in [5, 5.41) is 8.50. The molecule has 0 fully saturated rings. The van der Waals surface area contributed by atoms with E-state index in [1.807, 2.05) is 0 Å². The van der Waals surface area contributed by atoms with Gasteiger partial charge >= 0.3 is 6.18 Å². The van der Waals surface area contributed by atoms with Crippen LogP contribution in [0.4, 0.5) is 13.2 Å². The third-order valence-corrected chi connectivity index (χ3v) is 1.84. The maximum Gasteiger partial charge on any atom is 0.416 e. The maximum atomic E-state index is 12.5. The minimum atomic E-state index is -4.46. The first kappa shape index (κ1) is 11.5. The van der Waals surface area contributed by atoms with Crippen molar-refractivity contribution in [3.63, 3.8) is 0 Å². The summed E-state index contributed by atoms with van der Waals surface area (Å²) in [5.74, 6) is 0. The minimum absolute atomic E-state index is 0.0119. The number of nitrogens with zero attached hydrogens (tertiary/aromatic N) is 1. The number of hydrogen-bond donors (Lipinski definition) is 0. The maximum absolute atomic E-state index is 12.5. The average molecular weight is 215 g/mol. The van der Waals surface area contributed by atoms with E-state index in [-0.39, 0.29) is 17.7 Å². The zero-order chi connectivity index (χ0) is 11.5. The molecule has 80 valence electrons. The van der Waals surface area contributed by atoms with E-state index in [4.69, 9.17) is 5.26 Å². The van der Waals surface area contributed by atoms with Crippen LogP contribution in [0.3, 0.4) is 0 Å². The molecule has 1 rings (SSSR count). The lowest BCUT2D eigenvalue weighted by Gasteiger charge is -2.12. The van der Waals surface area contributed by atoms with Crippen LogP contribution in [0.1, 0.15) is 16.7 Å². The van der Waals surface area contributed by atoms with Gasteiger partial charge in [-0.1, -0.05) is 6.07 Å². The molecule has 0 radical (unpaired) electrons. The summed E-state index contributed by atoms with van der Waals surface area (Å²) in [6.07, 6.45) is -4.46. The Morgan fingerprint density at radius 1 is 1.40 bits per heavy atom. The summed E-state index contributed by atoms with van der Waals surface area (Å²) in [7, 11) is 1.32. The van der Waals surface area contributed by atoms with Gasteiger partial charge in [-0.25, -0.2) is 0 Å². The molecule has 2 nitrogen and oxygen atoms in total. The second-order valence-corrected chi connectivity index (χ2v) is 2.91. The van der Waals surface area contributed by atoms with Gasteiger partial charge < -0.3 is 4.74 Å². The third kappa shape index (κ3) is 2.70. The van der Waals surface area contributed by atoms with Crippen LogP contribution < -0.4 is 0 Å². The SMILES string of the molecule is COCc1ccc(C#N)cc1C(F)(F)F. The molecule has 0 aliphatic heterocycles. The van der Waals surface area contributed by atoms with Crippen molar-refractivity contribution in [1.82, 2.24) is 0 Å². The molecule has 0 N–H and O–H groups in total. The molecule has 0 aromatic heterocycles. The lowest BCUT2D eigenvalue weighted by atomic mass is 10.0. The molecular formula is C10H8F3NO. The Labute approximate surface area is 84.9 Å². The summed E-state index contributed by atoms with van der Waals surface area (Å²) in [6.45, 7) is -0.124. The Bertz CT molecular complexity index is 393. The first-order valence-electron chi connectivity index (χ1n) is 4.08. The van der Waals surface area contributed by atoms with E-state index in [0.29, 0.717) is 0 Å². The number of methoxy groups -OCH3 is 1. The number of rotatable bonds is 2. The highest BCUT2D eigenvalue weighted by atomic mass is 19.4. The Morgan fingerprint density at radius 3 is 2.53 bits per heavy atom. The second kappa shape index (κ2) is 4.32. The molecule has 0 unspecified atom stereocenters. The van der Waals surface area contributed by atoms with Gasteiger partial charge in [0.1, 0.15) is 0 Å². The van der Waals surface area contributed by atoms with Gasteiger partial charge in [0.15, 0.2) is 0 Å². The Balaban J connectivity index is 3.24. The van der Waals surface area contributed by atoms with Crippen molar-refractivity contribution in [2.75, 3.05) is 7.11 Å². The molecule has 1 aromatic carbocycles. The van der Waals surface area contributed by atoms with E-state index in [9.17, 15) is 13.2 Å². The van der Waals surface area contributed by atoms with Crippen molar-refractivity contribution in [2.24, 2.45) is 0 Å². The summed E-state index contributed by atoms with van der Waals surface area (Å²) in [4.78, 5) is 0. The van der Waals surface area contributed by atoms with Crippen molar-refractivity contribution < 1.29 is 17.9 Å². The molecule has 15 heavy (non-hydrogen) atoms. The number of hydrogen-bond acceptors (Lipinski definition) is 2. The standard InChI is InChI=1S/C10H8F3NO/c1-15-6-8-3-2-7(5-14)4-9(8)10(11,12)13/h2-4H,6H2,1H3. The van der Waals surface area contributed by atoms with Gasteiger partial charge in [0.25, 0.3) is 0 Å². The van der Waals surface area contributed by atoms with Crippen molar-refractivity contribution in [3.8, 4) is 6.07 Å². The summed E-state index contributed by atoms with van der Waals surface area (Å²) >= 11 is 0. The van der Waals surface area contributed by atoms with Gasteiger partial charge in [0.05, 0.1) is 23.8 Å². The minimum Gasteiger partial charge on any atom is -0.380 e. The molecule has 0 saturated carbocycles. The molecule has 1 aromatic rings. The number of alkyl halides is 3. The summed E-state index contributed by atoms with van der Waals surface area (Å²) < 4.78 is 42.2. The topological polar surface area (TPSA) is 33.0 Å². The number of benzene rings is 1. The fraction of sp³-hybridized carbons (Fsp3) is 0.300. The van der Waals surface area contributed by atoms with Crippen LogP contribution in [-0.2, 0) is 17.5 Å². The summed E-state index contributed by atoms with van der Waals surface area (Å²) in [5.41, 5.74) is -0.797. The van der Waals surface area contributed by atoms with E-state index in [2.05, 4.69) is 4.74 Å². The van der Waals surface area contributed by atoms with E-state index in [1.165, 1.54) is 19.2 Å². The van der Waals surface area contributed by atoms with Crippen LogP contribution in [0.2, 0.25) is 0 Å². The summed E-state index contributed by atoms with van der Waals surface area (Å²) in [6, 6.07) is 5.09. The zero-order valence-corrected chi connectivity index (χ0v) is 7.93. The van der Waals surface area contributed by atoms with Gasteiger partial charge in [0, 0.05) is 7.11 Å². The molecule has 0 aliphatic carbocycles. The van der Waals surface area contributed by atoms with Crippen LogP contribution in [0.5, 0.6) is 0 Å². The van der Waals surface area contributed by atoms with Crippen LogP contribution in [0.25, 0.3) is 0 Å². The van der Waals surface area contributed by atoms with E-state index in [1.54, 1.807) is 6.07 Å². The first-order chi connectivity index (χ1) is 6.99. The third-order valence-electron chi connectivity index (χ3n) is 1.84. The highest BCUT2D eigenvalue weighted by molar-refractivity contribution is 5.39. The van der Waals surface area contributed by atoms with E-state index in [0.717, 1.165) is 6.07 Å². The Morgan fingerprint density at radius 2 is 2.07 bits per heavy atom. The fourth-order valence-corrected chi connectivity index (χ4v) is 1.19. The molecule has 5 heteroatoms. The van der Waals surface area contributed by atoms with Gasteiger partial charge in [-0.2, -0.15) is 18.4 Å². The van der Waals surface area contributed by atoms with Crippen LogP contribution in [0, 0.1) is 11.3 Å². The lowest BCUT2D eigenvalue weighted by molar-refractivity contribution is -0.138.